The summed E-state index contributed by atoms with van der Waals surface area (Å²) in [5.41, 5.74) is 0.573. The van der Waals surface area contributed by atoms with Crippen LogP contribution in [0.4, 0.5) is 0 Å². The Kier molecular flexibility index (Phi) is 3.50. The number of carbonyl (C=O) groups is 2. The molecule has 0 saturated carbocycles. The van der Waals surface area contributed by atoms with Crippen molar-refractivity contribution in [2.24, 2.45) is 0 Å². The van der Waals surface area contributed by atoms with Crippen LogP contribution in [-0.4, -0.2) is 19.6 Å². The summed E-state index contributed by atoms with van der Waals surface area (Å²) < 4.78 is 9.30. The van der Waals surface area contributed by atoms with E-state index < -0.39 is 0 Å². The molecule has 0 bridgehead atoms. The van der Waals surface area contributed by atoms with Gasteiger partial charge < -0.3 is 9.47 Å². The number of benzene rings is 1. The van der Waals surface area contributed by atoms with Gasteiger partial charge in [0.2, 0.25) is 6.79 Å². The van der Waals surface area contributed by atoms with Crippen molar-refractivity contribution >= 4 is 12.8 Å². The third-order valence-electron chi connectivity index (χ3n) is 1.38. The summed E-state index contributed by atoms with van der Waals surface area (Å²) in [6.45, 7) is 0.184. The first-order valence-corrected chi connectivity index (χ1v) is 3.60. The molecule has 0 atom stereocenters. The molecule has 0 spiro atoms. The van der Waals surface area contributed by atoms with Crippen molar-refractivity contribution in [2.75, 3.05) is 6.79 Å². The smallest absolute Gasteiger partial charge is 0.295 e. The van der Waals surface area contributed by atoms with Crippen molar-refractivity contribution in [3.63, 3.8) is 0 Å². The quantitative estimate of drug-likeness (QED) is 0.385. The van der Waals surface area contributed by atoms with Crippen molar-refractivity contribution in [1.29, 1.82) is 0 Å². The monoisotopic (exact) mass is 180 g/mol. The molecule has 0 aliphatic rings. The highest BCUT2D eigenvalue weighted by Gasteiger charge is 1.93. The van der Waals surface area contributed by atoms with Crippen LogP contribution in [0.3, 0.4) is 0 Å². The van der Waals surface area contributed by atoms with E-state index in [1.54, 1.807) is 24.3 Å². The lowest BCUT2D eigenvalue weighted by atomic mass is 10.2. The molecule has 0 N–H and O–H groups in total. The molecule has 0 aliphatic heterocycles. The standard InChI is InChI=1S/C9H8O4/c10-5-8-1-3-9(4-2-8)13-7-12-6-11/h1-6H,7H2. The van der Waals surface area contributed by atoms with Crippen molar-refractivity contribution in [3.05, 3.63) is 29.8 Å². The molecule has 4 nitrogen and oxygen atoms in total. The van der Waals surface area contributed by atoms with Gasteiger partial charge in [0.05, 0.1) is 0 Å². The van der Waals surface area contributed by atoms with E-state index in [1.807, 2.05) is 0 Å². The van der Waals surface area contributed by atoms with Crippen molar-refractivity contribution < 1.29 is 19.1 Å². The summed E-state index contributed by atoms with van der Waals surface area (Å²) in [7, 11) is 0. The molecule has 0 heterocycles. The lowest BCUT2D eigenvalue weighted by Crippen LogP contribution is -2.00. The van der Waals surface area contributed by atoms with Crippen LogP contribution >= 0.6 is 0 Å². The molecule has 0 radical (unpaired) electrons. The van der Waals surface area contributed by atoms with E-state index in [0.29, 0.717) is 17.8 Å². The molecule has 0 saturated heterocycles. The summed E-state index contributed by atoms with van der Waals surface area (Å²) in [4.78, 5) is 20.0. The zero-order valence-corrected chi connectivity index (χ0v) is 6.80. The van der Waals surface area contributed by atoms with Crippen LogP contribution in [0.2, 0.25) is 0 Å². The molecular weight excluding hydrogens is 172 g/mol. The minimum absolute atomic E-state index is 0.121. The summed E-state index contributed by atoms with van der Waals surface area (Å²) in [6, 6.07) is 6.47. The fourth-order valence-electron chi connectivity index (χ4n) is 0.772. The van der Waals surface area contributed by atoms with E-state index in [4.69, 9.17) is 4.74 Å². The summed E-state index contributed by atoms with van der Waals surface area (Å²) in [5, 5.41) is 0. The first kappa shape index (κ1) is 9.25. The average Bonchev–Trinajstić information content (AvgIpc) is 2.19. The molecule has 68 valence electrons. The zero-order valence-electron chi connectivity index (χ0n) is 6.80. The number of carbonyl (C=O) groups excluding carboxylic acids is 2. The molecule has 4 heteroatoms. The van der Waals surface area contributed by atoms with Gasteiger partial charge in [-0.1, -0.05) is 0 Å². The van der Waals surface area contributed by atoms with E-state index >= 15 is 0 Å². The Bertz CT molecular complexity index is 278. The Morgan fingerprint density at radius 3 is 2.38 bits per heavy atom. The first-order chi connectivity index (χ1) is 6.36. The van der Waals surface area contributed by atoms with Crippen LogP contribution in [0.1, 0.15) is 10.4 Å². The van der Waals surface area contributed by atoms with Crippen LogP contribution in [0.15, 0.2) is 24.3 Å². The lowest BCUT2D eigenvalue weighted by Gasteiger charge is -2.03. The highest BCUT2D eigenvalue weighted by Crippen LogP contribution is 2.10. The molecule has 0 fully saturated rings. The molecule has 13 heavy (non-hydrogen) atoms. The maximum Gasteiger partial charge on any atom is 0.295 e. The lowest BCUT2D eigenvalue weighted by molar-refractivity contribution is -0.134. The fourth-order valence-corrected chi connectivity index (χ4v) is 0.772. The summed E-state index contributed by atoms with van der Waals surface area (Å²) in [6.07, 6.45) is 0.742. The fraction of sp³-hybridized carbons (Fsp3) is 0.111. The molecule has 1 aromatic rings. The molecule has 1 rings (SSSR count). The van der Waals surface area contributed by atoms with Gasteiger partial charge in [-0.2, -0.15) is 0 Å². The van der Waals surface area contributed by atoms with Crippen LogP contribution in [0, 0.1) is 0 Å². The van der Waals surface area contributed by atoms with Gasteiger partial charge in [-0.3, -0.25) is 9.59 Å². The molecule has 0 unspecified atom stereocenters. The van der Waals surface area contributed by atoms with Gasteiger partial charge in [-0.05, 0) is 24.3 Å². The van der Waals surface area contributed by atoms with Crippen LogP contribution in [0.25, 0.3) is 0 Å². The zero-order chi connectivity index (χ0) is 9.52. The molecular formula is C9H8O4. The Labute approximate surface area is 75.1 Å². The van der Waals surface area contributed by atoms with Gasteiger partial charge in [0, 0.05) is 5.56 Å². The van der Waals surface area contributed by atoms with E-state index in [9.17, 15) is 9.59 Å². The van der Waals surface area contributed by atoms with Crippen LogP contribution < -0.4 is 4.74 Å². The number of rotatable bonds is 5. The minimum Gasteiger partial charge on any atom is -0.457 e. The third-order valence-corrected chi connectivity index (χ3v) is 1.38. The predicted octanol–water partition coefficient (Wildman–Crippen LogP) is 1.01. The van der Waals surface area contributed by atoms with E-state index in [2.05, 4.69) is 4.74 Å². The van der Waals surface area contributed by atoms with Gasteiger partial charge in [-0.15, -0.1) is 0 Å². The average molecular weight is 180 g/mol. The Hall–Kier alpha value is -1.84. The summed E-state index contributed by atoms with van der Waals surface area (Å²) >= 11 is 0. The van der Waals surface area contributed by atoms with Crippen molar-refractivity contribution in [3.8, 4) is 5.75 Å². The second-order valence-electron chi connectivity index (χ2n) is 2.21. The Morgan fingerprint density at radius 2 is 1.85 bits per heavy atom. The van der Waals surface area contributed by atoms with Gasteiger partial charge in [0.25, 0.3) is 6.47 Å². The highest BCUT2D eigenvalue weighted by atomic mass is 16.7. The van der Waals surface area contributed by atoms with Crippen LogP contribution in [-0.2, 0) is 9.53 Å². The maximum absolute atomic E-state index is 10.3. The number of hydrogen-bond acceptors (Lipinski definition) is 4. The predicted molar refractivity (Wildman–Crippen MR) is 44.5 cm³/mol. The van der Waals surface area contributed by atoms with Crippen molar-refractivity contribution in [2.45, 2.75) is 0 Å². The number of ether oxygens (including phenoxy) is 2. The van der Waals surface area contributed by atoms with Gasteiger partial charge >= 0.3 is 0 Å². The van der Waals surface area contributed by atoms with Gasteiger partial charge in [0.15, 0.2) is 0 Å². The molecule has 0 aliphatic carbocycles. The van der Waals surface area contributed by atoms with E-state index in [-0.39, 0.29) is 6.79 Å². The van der Waals surface area contributed by atoms with Crippen molar-refractivity contribution in [1.82, 2.24) is 0 Å². The molecule has 0 aromatic heterocycles. The second-order valence-corrected chi connectivity index (χ2v) is 2.21. The Morgan fingerprint density at radius 1 is 1.15 bits per heavy atom. The molecule has 1 aromatic carbocycles. The normalized spacial score (nSPS) is 8.92. The Balaban J connectivity index is 2.48. The first-order valence-electron chi connectivity index (χ1n) is 3.60. The summed E-state index contributed by atoms with van der Waals surface area (Å²) in [5.74, 6) is 0.549. The van der Waals surface area contributed by atoms with Gasteiger partial charge in [-0.25, -0.2) is 0 Å². The topological polar surface area (TPSA) is 52.6 Å². The largest absolute Gasteiger partial charge is 0.457 e. The molecule has 0 amide bonds. The maximum atomic E-state index is 10.3. The van der Waals surface area contributed by atoms with E-state index in [1.165, 1.54) is 0 Å². The van der Waals surface area contributed by atoms with E-state index in [0.717, 1.165) is 6.29 Å². The minimum atomic E-state index is -0.121. The number of hydrogen-bond donors (Lipinski definition) is 0. The second kappa shape index (κ2) is 4.92. The highest BCUT2D eigenvalue weighted by molar-refractivity contribution is 5.74. The third kappa shape index (κ3) is 2.94. The SMILES string of the molecule is O=COCOc1ccc(C=O)cc1. The van der Waals surface area contributed by atoms with Gasteiger partial charge in [0.1, 0.15) is 12.0 Å². The number of aldehydes is 1. The van der Waals surface area contributed by atoms with Crippen LogP contribution in [0.5, 0.6) is 5.75 Å².